The third-order valence-electron chi connectivity index (χ3n) is 2.40. The highest BCUT2D eigenvalue weighted by Crippen LogP contribution is 2.16. The lowest BCUT2D eigenvalue weighted by Gasteiger charge is -2.29. The van der Waals surface area contributed by atoms with E-state index in [0.29, 0.717) is 6.54 Å². The van der Waals surface area contributed by atoms with E-state index in [1.807, 2.05) is 59.7 Å². The molecule has 0 spiro atoms. The molecule has 3 heteroatoms. The quantitative estimate of drug-likeness (QED) is 0.793. The third-order valence-corrected chi connectivity index (χ3v) is 2.40. The normalized spacial score (nSPS) is 18.2. The van der Waals surface area contributed by atoms with E-state index < -0.39 is 0 Å². The number of Topliss-reactive ketones (excluding diaryl/α,β-unsaturated/α-hetero) is 1. The van der Waals surface area contributed by atoms with E-state index in [1.54, 1.807) is 6.92 Å². The number of ketones is 1. The molecule has 1 atom stereocenters. The molecule has 0 aliphatic carbocycles. The van der Waals surface area contributed by atoms with Crippen molar-refractivity contribution in [1.82, 2.24) is 4.90 Å². The maximum Gasteiger partial charge on any atom is 0.192 e. The molecule has 1 aromatic rings. The van der Waals surface area contributed by atoms with Gasteiger partial charge in [-0.15, -0.1) is 0 Å². The van der Waals surface area contributed by atoms with E-state index >= 15 is 0 Å². The standard InChI is InChI=1S/C14H15NO2/c1-12(16)11-15-10-6-5-9-14(15)17-13-7-3-2-4-8-13/h2-10,14H,11H2,1H3. The van der Waals surface area contributed by atoms with Crippen molar-refractivity contribution in [2.45, 2.75) is 13.2 Å². The molecule has 1 unspecified atom stereocenters. The fraction of sp³-hybridized carbons (Fsp3) is 0.214. The van der Waals surface area contributed by atoms with Crippen molar-refractivity contribution in [2.24, 2.45) is 0 Å². The molecule has 1 aliphatic rings. The minimum Gasteiger partial charge on any atom is -0.467 e. The van der Waals surface area contributed by atoms with E-state index in [2.05, 4.69) is 0 Å². The Kier molecular flexibility index (Phi) is 3.60. The van der Waals surface area contributed by atoms with Gasteiger partial charge in [0.2, 0.25) is 0 Å². The molecule has 0 saturated carbocycles. The second kappa shape index (κ2) is 5.34. The summed E-state index contributed by atoms with van der Waals surface area (Å²) < 4.78 is 5.80. The summed E-state index contributed by atoms with van der Waals surface area (Å²) in [6, 6.07) is 9.59. The number of hydrogen-bond donors (Lipinski definition) is 0. The topological polar surface area (TPSA) is 29.5 Å². The van der Waals surface area contributed by atoms with Crippen molar-refractivity contribution in [3.8, 4) is 5.75 Å². The molecule has 1 aliphatic heterocycles. The van der Waals surface area contributed by atoms with E-state index in [1.165, 1.54) is 0 Å². The molecule has 88 valence electrons. The van der Waals surface area contributed by atoms with Gasteiger partial charge in [-0.3, -0.25) is 4.79 Å². The van der Waals surface area contributed by atoms with Crippen LogP contribution in [0.2, 0.25) is 0 Å². The van der Waals surface area contributed by atoms with Crippen LogP contribution in [0.4, 0.5) is 0 Å². The lowest BCUT2D eigenvalue weighted by Crippen LogP contribution is -2.38. The number of carbonyl (C=O) groups excluding carboxylic acids is 1. The summed E-state index contributed by atoms with van der Waals surface area (Å²) in [6.07, 6.45) is 7.40. The van der Waals surface area contributed by atoms with Crippen LogP contribution in [-0.2, 0) is 4.79 Å². The van der Waals surface area contributed by atoms with Crippen LogP contribution in [0.1, 0.15) is 6.92 Å². The Bertz CT molecular complexity index is 437. The van der Waals surface area contributed by atoms with Crippen LogP contribution in [0, 0.1) is 0 Å². The molecule has 0 saturated heterocycles. The van der Waals surface area contributed by atoms with Gasteiger partial charge in [-0.1, -0.05) is 24.3 Å². The minimum atomic E-state index is -0.216. The van der Waals surface area contributed by atoms with Crippen LogP contribution in [0.5, 0.6) is 5.75 Å². The lowest BCUT2D eigenvalue weighted by molar-refractivity contribution is -0.118. The van der Waals surface area contributed by atoms with Gasteiger partial charge in [0, 0.05) is 6.20 Å². The summed E-state index contributed by atoms with van der Waals surface area (Å²) in [7, 11) is 0. The fourth-order valence-electron chi connectivity index (χ4n) is 1.66. The van der Waals surface area contributed by atoms with Crippen LogP contribution in [0.15, 0.2) is 54.8 Å². The molecule has 1 heterocycles. The van der Waals surface area contributed by atoms with Gasteiger partial charge >= 0.3 is 0 Å². The number of benzene rings is 1. The minimum absolute atomic E-state index is 0.117. The number of rotatable bonds is 4. The zero-order valence-corrected chi connectivity index (χ0v) is 9.74. The molecule has 0 aromatic heterocycles. The van der Waals surface area contributed by atoms with Gasteiger partial charge in [-0.25, -0.2) is 0 Å². The van der Waals surface area contributed by atoms with Gasteiger partial charge in [0.1, 0.15) is 11.5 Å². The molecule has 2 rings (SSSR count). The van der Waals surface area contributed by atoms with Gasteiger partial charge in [0.25, 0.3) is 0 Å². The van der Waals surface area contributed by atoms with Crippen LogP contribution in [-0.4, -0.2) is 23.5 Å². The zero-order chi connectivity index (χ0) is 12.1. The van der Waals surface area contributed by atoms with Gasteiger partial charge in [-0.2, -0.15) is 0 Å². The van der Waals surface area contributed by atoms with Crippen molar-refractivity contribution in [1.29, 1.82) is 0 Å². The van der Waals surface area contributed by atoms with E-state index in [9.17, 15) is 4.79 Å². The highest BCUT2D eigenvalue weighted by Gasteiger charge is 2.17. The van der Waals surface area contributed by atoms with Gasteiger partial charge < -0.3 is 9.64 Å². The first-order valence-electron chi connectivity index (χ1n) is 5.57. The second-order valence-electron chi connectivity index (χ2n) is 3.92. The van der Waals surface area contributed by atoms with Crippen LogP contribution >= 0.6 is 0 Å². The Morgan fingerprint density at radius 1 is 1.29 bits per heavy atom. The number of nitrogens with zero attached hydrogens (tertiary/aromatic N) is 1. The number of ether oxygens (including phenoxy) is 1. The predicted molar refractivity (Wildman–Crippen MR) is 66.5 cm³/mol. The first-order chi connectivity index (χ1) is 8.25. The van der Waals surface area contributed by atoms with E-state index in [4.69, 9.17) is 4.74 Å². The Morgan fingerprint density at radius 3 is 2.76 bits per heavy atom. The number of para-hydroxylation sites is 1. The number of allylic oxidation sites excluding steroid dienone is 2. The number of carbonyl (C=O) groups is 1. The lowest BCUT2D eigenvalue weighted by atomic mass is 10.3. The molecular formula is C14H15NO2. The van der Waals surface area contributed by atoms with E-state index in [-0.39, 0.29) is 12.0 Å². The molecule has 0 fully saturated rings. The maximum atomic E-state index is 11.2. The molecule has 17 heavy (non-hydrogen) atoms. The summed E-state index contributed by atoms with van der Waals surface area (Å²) in [6.45, 7) is 1.93. The van der Waals surface area contributed by atoms with Crippen LogP contribution < -0.4 is 4.74 Å². The third kappa shape index (κ3) is 3.21. The molecular weight excluding hydrogens is 214 g/mol. The first kappa shape index (κ1) is 11.5. The molecule has 1 aromatic carbocycles. The second-order valence-corrected chi connectivity index (χ2v) is 3.92. The summed E-state index contributed by atoms with van der Waals surface area (Å²) >= 11 is 0. The van der Waals surface area contributed by atoms with Gasteiger partial charge in [-0.05, 0) is 31.2 Å². The maximum absolute atomic E-state index is 11.2. The predicted octanol–water partition coefficient (Wildman–Crippen LogP) is 2.37. The average Bonchev–Trinajstić information content (AvgIpc) is 2.32. The molecule has 3 nitrogen and oxygen atoms in total. The van der Waals surface area contributed by atoms with Crippen LogP contribution in [0.3, 0.4) is 0 Å². The van der Waals surface area contributed by atoms with Crippen molar-refractivity contribution in [3.63, 3.8) is 0 Å². The highest BCUT2D eigenvalue weighted by molar-refractivity contribution is 5.77. The zero-order valence-electron chi connectivity index (χ0n) is 9.74. The smallest absolute Gasteiger partial charge is 0.192 e. The van der Waals surface area contributed by atoms with Crippen molar-refractivity contribution >= 4 is 5.78 Å². The monoisotopic (exact) mass is 229 g/mol. The summed E-state index contributed by atoms with van der Waals surface area (Å²) in [4.78, 5) is 13.0. The molecule has 0 N–H and O–H groups in total. The largest absolute Gasteiger partial charge is 0.467 e. The van der Waals surface area contributed by atoms with Crippen molar-refractivity contribution < 1.29 is 9.53 Å². The Morgan fingerprint density at radius 2 is 2.06 bits per heavy atom. The fourth-order valence-corrected chi connectivity index (χ4v) is 1.66. The Labute approximate surface area is 101 Å². The molecule has 0 bridgehead atoms. The number of hydrogen-bond acceptors (Lipinski definition) is 3. The highest BCUT2D eigenvalue weighted by atomic mass is 16.5. The molecule has 0 amide bonds. The Balaban J connectivity index is 2.05. The van der Waals surface area contributed by atoms with Gasteiger partial charge in [0.05, 0.1) is 6.54 Å². The van der Waals surface area contributed by atoms with Crippen LogP contribution in [0.25, 0.3) is 0 Å². The molecule has 0 radical (unpaired) electrons. The Hall–Kier alpha value is -2.03. The first-order valence-corrected chi connectivity index (χ1v) is 5.57. The van der Waals surface area contributed by atoms with E-state index in [0.717, 1.165) is 5.75 Å². The summed E-state index contributed by atoms with van der Waals surface area (Å²) in [5.74, 6) is 0.914. The van der Waals surface area contributed by atoms with Crippen molar-refractivity contribution in [2.75, 3.05) is 6.54 Å². The SMILES string of the molecule is CC(=O)CN1C=CC=CC1Oc1ccccc1. The van der Waals surface area contributed by atoms with Gasteiger partial charge in [0.15, 0.2) is 6.23 Å². The van der Waals surface area contributed by atoms with Crippen molar-refractivity contribution in [3.05, 3.63) is 54.8 Å². The summed E-state index contributed by atoms with van der Waals surface area (Å²) in [5.41, 5.74) is 0. The summed E-state index contributed by atoms with van der Waals surface area (Å²) in [5, 5.41) is 0. The average molecular weight is 229 g/mol.